The van der Waals surface area contributed by atoms with Crippen LogP contribution in [-0.4, -0.2) is 24.2 Å². The number of nitrogens with zero attached hydrogens (tertiary/aromatic N) is 1. The summed E-state index contributed by atoms with van der Waals surface area (Å²) in [5.41, 5.74) is 1.19. The monoisotopic (exact) mass is 282 g/mol. The highest BCUT2D eigenvalue weighted by molar-refractivity contribution is 7.11. The van der Waals surface area contributed by atoms with E-state index in [1.54, 1.807) is 0 Å². The molecule has 1 aromatic rings. The van der Waals surface area contributed by atoms with Crippen molar-refractivity contribution >= 4 is 11.3 Å². The van der Waals surface area contributed by atoms with Gasteiger partial charge in [-0.05, 0) is 38.6 Å². The molecule has 0 aliphatic carbocycles. The summed E-state index contributed by atoms with van der Waals surface area (Å²) in [5.74, 6) is 0.698. The zero-order valence-electron chi connectivity index (χ0n) is 12.4. The Labute approximate surface area is 120 Å². The Morgan fingerprint density at radius 2 is 2.26 bits per heavy atom. The molecule has 1 N–H and O–H groups in total. The quantitative estimate of drug-likeness (QED) is 0.869. The van der Waals surface area contributed by atoms with E-state index in [1.807, 2.05) is 11.3 Å². The highest BCUT2D eigenvalue weighted by Gasteiger charge is 2.17. The fourth-order valence-electron chi connectivity index (χ4n) is 2.38. The van der Waals surface area contributed by atoms with Crippen molar-refractivity contribution in [1.29, 1.82) is 0 Å². The molecule has 1 aromatic heterocycles. The van der Waals surface area contributed by atoms with E-state index in [-0.39, 0.29) is 0 Å². The number of rotatable bonds is 6. The van der Waals surface area contributed by atoms with E-state index in [2.05, 4.69) is 26.1 Å². The van der Waals surface area contributed by atoms with Gasteiger partial charge in [-0.15, -0.1) is 11.3 Å². The fraction of sp³-hybridized carbons (Fsp3) is 0.800. The summed E-state index contributed by atoms with van der Waals surface area (Å²) < 4.78 is 5.79. The van der Waals surface area contributed by atoms with Crippen LogP contribution in [-0.2, 0) is 17.7 Å². The SMILES string of the molecule is Cc1nc(CC2CCCCO2)sc1CNCC(C)C. The Kier molecular flexibility index (Phi) is 5.79. The van der Waals surface area contributed by atoms with E-state index in [4.69, 9.17) is 9.72 Å². The van der Waals surface area contributed by atoms with E-state index in [0.29, 0.717) is 12.0 Å². The zero-order chi connectivity index (χ0) is 13.7. The Hall–Kier alpha value is -0.450. The van der Waals surface area contributed by atoms with Gasteiger partial charge in [0, 0.05) is 24.4 Å². The first-order chi connectivity index (χ1) is 9.15. The van der Waals surface area contributed by atoms with Crippen molar-refractivity contribution in [3.8, 4) is 0 Å². The number of thiazole rings is 1. The molecule has 1 aliphatic rings. The summed E-state index contributed by atoms with van der Waals surface area (Å²) >= 11 is 1.85. The highest BCUT2D eigenvalue weighted by atomic mass is 32.1. The Morgan fingerprint density at radius 1 is 1.42 bits per heavy atom. The standard InChI is InChI=1S/C15H26N2OS/c1-11(2)9-16-10-14-12(3)17-15(19-14)8-13-6-4-5-7-18-13/h11,13,16H,4-10H2,1-3H3. The van der Waals surface area contributed by atoms with Gasteiger partial charge in [-0.3, -0.25) is 0 Å². The molecule has 3 nitrogen and oxygen atoms in total. The van der Waals surface area contributed by atoms with Crippen LogP contribution in [0.25, 0.3) is 0 Å². The van der Waals surface area contributed by atoms with Crippen LogP contribution in [0, 0.1) is 12.8 Å². The molecule has 0 amide bonds. The van der Waals surface area contributed by atoms with Crippen LogP contribution in [0.5, 0.6) is 0 Å². The van der Waals surface area contributed by atoms with Crippen molar-refractivity contribution in [2.45, 2.75) is 59.1 Å². The van der Waals surface area contributed by atoms with E-state index >= 15 is 0 Å². The van der Waals surface area contributed by atoms with Gasteiger partial charge in [-0.1, -0.05) is 13.8 Å². The second-order valence-corrected chi connectivity index (χ2v) is 7.00. The minimum Gasteiger partial charge on any atom is -0.378 e. The largest absolute Gasteiger partial charge is 0.378 e. The van der Waals surface area contributed by atoms with Crippen LogP contribution in [0.2, 0.25) is 0 Å². The van der Waals surface area contributed by atoms with Crippen molar-refractivity contribution in [3.05, 3.63) is 15.6 Å². The van der Waals surface area contributed by atoms with E-state index in [1.165, 1.54) is 34.8 Å². The maximum Gasteiger partial charge on any atom is 0.0957 e. The lowest BCUT2D eigenvalue weighted by molar-refractivity contribution is 0.0167. The van der Waals surface area contributed by atoms with Crippen LogP contribution in [0.1, 0.15) is 48.7 Å². The average Bonchev–Trinajstić information content (AvgIpc) is 2.70. The van der Waals surface area contributed by atoms with Crippen molar-refractivity contribution in [2.75, 3.05) is 13.2 Å². The van der Waals surface area contributed by atoms with Crippen LogP contribution in [0.3, 0.4) is 0 Å². The predicted octanol–water partition coefficient (Wildman–Crippen LogP) is 3.31. The summed E-state index contributed by atoms with van der Waals surface area (Å²) in [7, 11) is 0. The van der Waals surface area contributed by atoms with Gasteiger partial charge >= 0.3 is 0 Å². The summed E-state index contributed by atoms with van der Waals surface area (Å²) in [6.45, 7) is 9.54. The van der Waals surface area contributed by atoms with Crippen LogP contribution < -0.4 is 5.32 Å². The molecule has 0 spiro atoms. The number of hydrogen-bond acceptors (Lipinski definition) is 4. The first-order valence-electron chi connectivity index (χ1n) is 7.42. The third-order valence-electron chi connectivity index (χ3n) is 3.45. The second kappa shape index (κ2) is 7.36. The highest BCUT2D eigenvalue weighted by Crippen LogP contribution is 2.23. The third-order valence-corrected chi connectivity index (χ3v) is 4.63. The molecule has 2 heterocycles. The summed E-state index contributed by atoms with van der Waals surface area (Å²) in [6.07, 6.45) is 5.11. The lowest BCUT2D eigenvalue weighted by Gasteiger charge is -2.21. The number of hydrogen-bond donors (Lipinski definition) is 1. The van der Waals surface area contributed by atoms with Gasteiger partial charge < -0.3 is 10.1 Å². The molecule has 2 rings (SSSR count). The molecular weight excluding hydrogens is 256 g/mol. The van der Waals surface area contributed by atoms with Crippen LogP contribution in [0.15, 0.2) is 0 Å². The molecule has 108 valence electrons. The Morgan fingerprint density at radius 3 is 2.95 bits per heavy atom. The molecule has 0 bridgehead atoms. The van der Waals surface area contributed by atoms with Crippen LogP contribution >= 0.6 is 11.3 Å². The number of ether oxygens (including phenoxy) is 1. The van der Waals surface area contributed by atoms with Crippen molar-refractivity contribution < 1.29 is 4.74 Å². The molecular formula is C15H26N2OS. The minimum atomic E-state index is 0.399. The van der Waals surface area contributed by atoms with Gasteiger partial charge in [0.15, 0.2) is 0 Å². The summed E-state index contributed by atoms with van der Waals surface area (Å²) in [6, 6.07) is 0. The maximum absolute atomic E-state index is 5.79. The predicted molar refractivity (Wildman–Crippen MR) is 80.7 cm³/mol. The normalized spacial score (nSPS) is 20.1. The number of nitrogens with one attached hydrogen (secondary N) is 1. The van der Waals surface area contributed by atoms with Gasteiger partial charge in [-0.2, -0.15) is 0 Å². The van der Waals surface area contributed by atoms with E-state index in [9.17, 15) is 0 Å². The minimum absolute atomic E-state index is 0.399. The van der Waals surface area contributed by atoms with E-state index < -0.39 is 0 Å². The van der Waals surface area contributed by atoms with Gasteiger partial charge in [0.1, 0.15) is 0 Å². The molecule has 1 fully saturated rings. The van der Waals surface area contributed by atoms with Crippen LogP contribution in [0.4, 0.5) is 0 Å². The topological polar surface area (TPSA) is 34.1 Å². The van der Waals surface area contributed by atoms with Crippen molar-refractivity contribution in [1.82, 2.24) is 10.3 Å². The van der Waals surface area contributed by atoms with Gasteiger partial charge in [0.25, 0.3) is 0 Å². The molecule has 19 heavy (non-hydrogen) atoms. The molecule has 1 aliphatic heterocycles. The lowest BCUT2D eigenvalue weighted by atomic mass is 10.1. The first-order valence-corrected chi connectivity index (χ1v) is 8.24. The summed E-state index contributed by atoms with van der Waals surface area (Å²) in [4.78, 5) is 6.08. The molecule has 1 saturated heterocycles. The zero-order valence-corrected chi connectivity index (χ0v) is 13.2. The van der Waals surface area contributed by atoms with Crippen molar-refractivity contribution in [3.63, 3.8) is 0 Å². The number of aromatic nitrogens is 1. The maximum atomic E-state index is 5.79. The lowest BCUT2D eigenvalue weighted by Crippen LogP contribution is -2.21. The van der Waals surface area contributed by atoms with Crippen molar-refractivity contribution in [2.24, 2.45) is 5.92 Å². The van der Waals surface area contributed by atoms with Gasteiger partial charge in [0.2, 0.25) is 0 Å². The third kappa shape index (κ3) is 4.86. The number of aryl methyl sites for hydroxylation is 1. The Balaban J connectivity index is 1.84. The molecule has 4 heteroatoms. The van der Waals surface area contributed by atoms with E-state index in [0.717, 1.165) is 26.1 Å². The second-order valence-electron chi connectivity index (χ2n) is 5.83. The smallest absolute Gasteiger partial charge is 0.0957 e. The molecule has 1 atom stereocenters. The summed E-state index contributed by atoms with van der Waals surface area (Å²) in [5, 5.41) is 4.74. The molecule has 1 unspecified atom stereocenters. The molecule has 0 radical (unpaired) electrons. The molecule has 0 aromatic carbocycles. The fourth-order valence-corrected chi connectivity index (χ4v) is 3.48. The molecule has 0 saturated carbocycles. The van der Waals surface area contributed by atoms with Gasteiger partial charge in [0.05, 0.1) is 16.8 Å². The average molecular weight is 282 g/mol. The van der Waals surface area contributed by atoms with Gasteiger partial charge in [-0.25, -0.2) is 4.98 Å². The first kappa shape index (κ1) is 14.9. The Bertz CT molecular complexity index is 383.